The van der Waals surface area contributed by atoms with Gasteiger partial charge in [-0.15, -0.1) is 5.10 Å². The maximum Gasteiger partial charge on any atom is 0.164 e. The molecule has 0 atom stereocenters. The Bertz CT molecular complexity index is 444. The highest BCUT2D eigenvalue weighted by atomic mass is 35.5. The third-order valence-corrected chi connectivity index (χ3v) is 2.22. The van der Waals surface area contributed by atoms with Gasteiger partial charge in [0.25, 0.3) is 0 Å². The van der Waals surface area contributed by atoms with Crippen molar-refractivity contribution in [3.8, 4) is 5.69 Å². The van der Waals surface area contributed by atoms with Gasteiger partial charge in [-0.1, -0.05) is 11.6 Å². The summed E-state index contributed by atoms with van der Waals surface area (Å²) in [5, 5.41) is 4.54. The van der Waals surface area contributed by atoms with Crippen molar-refractivity contribution in [2.45, 2.75) is 6.92 Å². The molecule has 14 heavy (non-hydrogen) atoms. The third kappa shape index (κ3) is 1.44. The van der Waals surface area contributed by atoms with E-state index in [-0.39, 0.29) is 0 Å². The molecule has 0 fully saturated rings. The maximum absolute atomic E-state index is 5.81. The van der Waals surface area contributed by atoms with Gasteiger partial charge < -0.3 is 5.73 Å². The molecule has 0 radical (unpaired) electrons. The number of nitrogens with two attached hydrogens (primary N) is 1. The zero-order valence-corrected chi connectivity index (χ0v) is 8.36. The molecule has 0 saturated heterocycles. The lowest BCUT2D eigenvalue weighted by Gasteiger charge is -2.03. The highest BCUT2D eigenvalue weighted by molar-refractivity contribution is 6.32. The minimum Gasteiger partial charge on any atom is -0.381 e. The average Bonchev–Trinajstić information content (AvgIpc) is 2.48. The summed E-state index contributed by atoms with van der Waals surface area (Å²) in [5.74, 6) is 0.336. The monoisotopic (exact) mass is 208 g/mol. The summed E-state index contributed by atoms with van der Waals surface area (Å²) in [7, 11) is 0. The molecule has 0 spiro atoms. The van der Waals surface area contributed by atoms with Crippen LogP contribution >= 0.6 is 11.6 Å². The third-order valence-electron chi connectivity index (χ3n) is 1.93. The Morgan fingerprint density at radius 3 is 2.86 bits per heavy atom. The van der Waals surface area contributed by atoms with Crippen LogP contribution in [0.5, 0.6) is 0 Å². The molecule has 0 saturated carbocycles. The summed E-state index contributed by atoms with van der Waals surface area (Å²) < 4.78 is 1.65. The minimum absolute atomic E-state index is 0.336. The largest absolute Gasteiger partial charge is 0.381 e. The van der Waals surface area contributed by atoms with Gasteiger partial charge in [-0.3, -0.25) is 4.98 Å². The van der Waals surface area contributed by atoms with Crippen LogP contribution in [0.2, 0.25) is 5.02 Å². The van der Waals surface area contributed by atoms with E-state index in [0.717, 1.165) is 11.3 Å². The Kier molecular flexibility index (Phi) is 2.13. The molecule has 0 aliphatic heterocycles. The second-order valence-corrected chi connectivity index (χ2v) is 3.38. The SMILES string of the molecule is Cc1cnccc1-n1cc(Cl)c(N)n1. The van der Waals surface area contributed by atoms with Crippen molar-refractivity contribution in [1.29, 1.82) is 0 Å². The van der Waals surface area contributed by atoms with Crippen LogP contribution in [0.25, 0.3) is 5.69 Å². The fourth-order valence-corrected chi connectivity index (χ4v) is 1.34. The van der Waals surface area contributed by atoms with Crippen molar-refractivity contribution in [2.75, 3.05) is 5.73 Å². The minimum atomic E-state index is 0.336. The molecule has 72 valence electrons. The van der Waals surface area contributed by atoms with Crippen molar-refractivity contribution < 1.29 is 0 Å². The highest BCUT2D eigenvalue weighted by Gasteiger charge is 2.06. The van der Waals surface area contributed by atoms with Crippen molar-refractivity contribution in [3.05, 3.63) is 35.2 Å². The summed E-state index contributed by atoms with van der Waals surface area (Å²) in [6.07, 6.45) is 5.15. The van der Waals surface area contributed by atoms with Gasteiger partial charge in [0, 0.05) is 12.4 Å². The van der Waals surface area contributed by atoms with Gasteiger partial charge in [-0.25, -0.2) is 4.68 Å². The second-order valence-electron chi connectivity index (χ2n) is 2.97. The predicted molar refractivity (Wildman–Crippen MR) is 55.5 cm³/mol. The number of aryl methyl sites for hydroxylation is 1. The Hall–Kier alpha value is -1.55. The summed E-state index contributed by atoms with van der Waals surface area (Å²) in [4.78, 5) is 3.99. The van der Waals surface area contributed by atoms with Crippen LogP contribution in [-0.4, -0.2) is 14.8 Å². The summed E-state index contributed by atoms with van der Waals surface area (Å²) in [6, 6.07) is 1.86. The Morgan fingerprint density at radius 2 is 2.29 bits per heavy atom. The number of rotatable bonds is 1. The first kappa shape index (κ1) is 9.02. The average molecular weight is 209 g/mol. The molecular weight excluding hydrogens is 200 g/mol. The van der Waals surface area contributed by atoms with Gasteiger partial charge in [0.2, 0.25) is 0 Å². The maximum atomic E-state index is 5.81. The molecule has 2 aromatic heterocycles. The lowest BCUT2D eigenvalue weighted by atomic mass is 10.3. The van der Waals surface area contributed by atoms with Crippen LogP contribution in [-0.2, 0) is 0 Å². The van der Waals surface area contributed by atoms with Crippen molar-refractivity contribution in [3.63, 3.8) is 0 Å². The van der Waals surface area contributed by atoms with E-state index in [9.17, 15) is 0 Å². The fraction of sp³-hybridized carbons (Fsp3) is 0.111. The number of nitrogens with zero attached hydrogens (tertiary/aromatic N) is 3. The van der Waals surface area contributed by atoms with Gasteiger partial charge in [0.15, 0.2) is 5.82 Å². The van der Waals surface area contributed by atoms with Crippen LogP contribution in [0, 0.1) is 6.92 Å². The van der Waals surface area contributed by atoms with E-state index in [2.05, 4.69) is 10.1 Å². The lowest BCUT2D eigenvalue weighted by molar-refractivity contribution is 0.874. The van der Waals surface area contributed by atoms with Crippen LogP contribution in [0.15, 0.2) is 24.7 Å². The predicted octanol–water partition coefficient (Wildman–Crippen LogP) is 1.81. The number of nitrogen functional groups attached to an aromatic ring is 1. The van der Waals surface area contributed by atoms with Crippen LogP contribution < -0.4 is 5.73 Å². The first-order valence-electron chi connectivity index (χ1n) is 4.10. The zero-order valence-electron chi connectivity index (χ0n) is 7.61. The quantitative estimate of drug-likeness (QED) is 0.778. The Morgan fingerprint density at radius 1 is 1.50 bits per heavy atom. The van der Waals surface area contributed by atoms with Crippen molar-refractivity contribution in [2.24, 2.45) is 0 Å². The molecule has 2 aromatic rings. The lowest BCUT2D eigenvalue weighted by Crippen LogP contribution is -1.98. The molecule has 0 aliphatic rings. The van der Waals surface area contributed by atoms with E-state index in [4.69, 9.17) is 17.3 Å². The standard InChI is InChI=1S/C9H9ClN4/c1-6-4-12-3-2-8(6)14-5-7(10)9(11)13-14/h2-5H,1H3,(H2,11,13). The Labute approximate surface area is 86.3 Å². The molecule has 2 N–H and O–H groups in total. The molecule has 4 nitrogen and oxygen atoms in total. The number of hydrogen-bond donors (Lipinski definition) is 1. The van der Waals surface area contributed by atoms with E-state index in [1.54, 1.807) is 23.3 Å². The van der Waals surface area contributed by atoms with Crippen LogP contribution in [0.3, 0.4) is 0 Å². The van der Waals surface area contributed by atoms with Gasteiger partial charge in [-0.05, 0) is 18.6 Å². The second kappa shape index (κ2) is 3.31. The van der Waals surface area contributed by atoms with Crippen molar-refractivity contribution in [1.82, 2.24) is 14.8 Å². The van der Waals surface area contributed by atoms with Crippen LogP contribution in [0.1, 0.15) is 5.56 Å². The van der Waals surface area contributed by atoms with Crippen LogP contribution in [0.4, 0.5) is 5.82 Å². The normalized spacial score (nSPS) is 10.4. The smallest absolute Gasteiger partial charge is 0.164 e. The van der Waals surface area contributed by atoms with E-state index in [1.165, 1.54) is 0 Å². The summed E-state index contributed by atoms with van der Waals surface area (Å²) >= 11 is 5.81. The first-order chi connectivity index (χ1) is 6.68. The number of aromatic nitrogens is 3. The van der Waals surface area contributed by atoms with E-state index < -0.39 is 0 Å². The Balaban J connectivity index is 2.55. The highest BCUT2D eigenvalue weighted by Crippen LogP contribution is 2.19. The topological polar surface area (TPSA) is 56.7 Å². The molecular formula is C9H9ClN4. The van der Waals surface area contributed by atoms with Crippen molar-refractivity contribution >= 4 is 17.4 Å². The zero-order chi connectivity index (χ0) is 10.1. The molecule has 0 bridgehead atoms. The molecule has 0 aromatic carbocycles. The number of pyridine rings is 1. The van der Waals surface area contributed by atoms with E-state index in [1.807, 2.05) is 13.0 Å². The fourth-order valence-electron chi connectivity index (χ4n) is 1.21. The van der Waals surface area contributed by atoms with E-state index >= 15 is 0 Å². The molecule has 2 rings (SSSR count). The molecule has 0 unspecified atom stereocenters. The molecule has 5 heteroatoms. The van der Waals surface area contributed by atoms with E-state index in [0.29, 0.717) is 10.8 Å². The number of hydrogen-bond acceptors (Lipinski definition) is 3. The summed E-state index contributed by atoms with van der Waals surface area (Å²) in [5.41, 5.74) is 7.50. The number of anilines is 1. The number of halogens is 1. The van der Waals surface area contributed by atoms with Gasteiger partial charge in [0.1, 0.15) is 5.02 Å². The van der Waals surface area contributed by atoms with Gasteiger partial charge >= 0.3 is 0 Å². The van der Waals surface area contributed by atoms with Gasteiger partial charge in [-0.2, -0.15) is 0 Å². The summed E-state index contributed by atoms with van der Waals surface area (Å²) in [6.45, 7) is 1.95. The van der Waals surface area contributed by atoms with Gasteiger partial charge in [0.05, 0.1) is 11.9 Å². The first-order valence-corrected chi connectivity index (χ1v) is 4.48. The molecule has 2 heterocycles. The molecule has 0 aliphatic carbocycles. The molecule has 0 amide bonds.